The van der Waals surface area contributed by atoms with Gasteiger partial charge in [0.1, 0.15) is 0 Å². The maximum Gasteiger partial charge on any atom is 0.416 e. The lowest BCUT2D eigenvalue weighted by molar-refractivity contribution is -0.137. The molecule has 0 radical (unpaired) electrons. The van der Waals surface area contributed by atoms with Gasteiger partial charge < -0.3 is 10.6 Å². The van der Waals surface area contributed by atoms with Crippen LogP contribution in [-0.4, -0.2) is 11.9 Å². The molecule has 1 aromatic rings. The molecular weight excluding hydrogens is 329 g/mol. The second kappa shape index (κ2) is 8.55. The van der Waals surface area contributed by atoms with E-state index in [2.05, 4.69) is 17.2 Å². The minimum Gasteiger partial charge on any atom is -0.383 e. The molecule has 0 spiro atoms. The Balaban J connectivity index is 3.03. The van der Waals surface area contributed by atoms with Gasteiger partial charge in [-0.05, 0) is 57.5 Å². The summed E-state index contributed by atoms with van der Waals surface area (Å²) in [5.41, 5.74) is 1.04. The molecule has 0 fully saturated rings. The van der Waals surface area contributed by atoms with Crippen LogP contribution in [0.15, 0.2) is 59.8 Å². The highest BCUT2D eigenvalue weighted by Crippen LogP contribution is 2.30. The molecule has 0 bridgehead atoms. The van der Waals surface area contributed by atoms with E-state index in [1.165, 1.54) is 12.1 Å². The Labute approximate surface area is 146 Å². The maximum atomic E-state index is 12.8. The van der Waals surface area contributed by atoms with Gasteiger partial charge in [0.05, 0.1) is 5.56 Å². The summed E-state index contributed by atoms with van der Waals surface area (Å²) >= 11 is 0. The molecule has 6 heteroatoms. The molecular formula is C19H23F3N2O. The van der Waals surface area contributed by atoms with E-state index in [1.54, 1.807) is 26.0 Å². The summed E-state index contributed by atoms with van der Waals surface area (Å²) in [7, 11) is 0. The van der Waals surface area contributed by atoms with Gasteiger partial charge in [0.25, 0.3) is 5.91 Å². The van der Waals surface area contributed by atoms with Crippen molar-refractivity contribution in [3.05, 3.63) is 65.4 Å². The van der Waals surface area contributed by atoms with Crippen molar-refractivity contribution in [2.45, 2.75) is 39.9 Å². The normalized spacial score (nSPS) is 13.0. The number of rotatable bonds is 6. The summed E-state index contributed by atoms with van der Waals surface area (Å²) < 4.78 is 38.3. The first-order valence-electron chi connectivity index (χ1n) is 7.83. The highest BCUT2D eigenvalue weighted by molar-refractivity contribution is 6.05. The molecule has 0 atom stereocenters. The van der Waals surface area contributed by atoms with Crippen LogP contribution in [0.3, 0.4) is 0 Å². The molecule has 0 aliphatic carbocycles. The molecule has 0 saturated carbocycles. The third-order valence-corrected chi connectivity index (χ3v) is 3.22. The van der Waals surface area contributed by atoms with E-state index in [1.807, 2.05) is 13.8 Å². The number of hydrogen-bond acceptors (Lipinski definition) is 2. The van der Waals surface area contributed by atoms with Crippen molar-refractivity contribution < 1.29 is 18.0 Å². The van der Waals surface area contributed by atoms with Crippen LogP contribution in [0.5, 0.6) is 0 Å². The average Bonchev–Trinajstić information content (AvgIpc) is 2.50. The molecule has 1 aromatic carbocycles. The summed E-state index contributed by atoms with van der Waals surface area (Å²) in [5.74, 6) is -0.494. The Bertz CT molecular complexity index is 701. The fourth-order valence-electron chi connectivity index (χ4n) is 2.01. The number of benzene rings is 1. The topological polar surface area (TPSA) is 41.1 Å². The maximum absolute atomic E-state index is 12.8. The molecule has 0 saturated heterocycles. The predicted molar refractivity (Wildman–Crippen MR) is 95.0 cm³/mol. The summed E-state index contributed by atoms with van der Waals surface area (Å²) in [5, 5.41) is 5.68. The third-order valence-electron chi connectivity index (χ3n) is 3.22. The molecule has 0 aromatic heterocycles. The quantitative estimate of drug-likeness (QED) is 0.556. The number of allylic oxidation sites excluding steroid dienone is 2. The molecule has 2 N–H and O–H groups in total. The van der Waals surface area contributed by atoms with Gasteiger partial charge in [-0.15, -0.1) is 0 Å². The van der Waals surface area contributed by atoms with Crippen molar-refractivity contribution in [1.82, 2.24) is 5.32 Å². The number of carbonyl (C=O) groups excluding carboxylic acids is 1. The zero-order valence-electron chi connectivity index (χ0n) is 14.8. The molecule has 0 aliphatic heterocycles. The van der Waals surface area contributed by atoms with Crippen molar-refractivity contribution in [3.63, 3.8) is 0 Å². The van der Waals surface area contributed by atoms with E-state index in [4.69, 9.17) is 0 Å². The standard InChI is InChI=1S/C19H23F3N2O/c1-6-14(10-17(12(2)3)23-13(4)5)18(25)24-16-9-7-8-15(11-16)19(20,21)22/h6-11,13,23H,2H2,1,3-5H3,(H,24,25)/b14-6+,17-10+. The number of carbonyl (C=O) groups is 1. The zero-order chi connectivity index (χ0) is 19.2. The smallest absolute Gasteiger partial charge is 0.383 e. The van der Waals surface area contributed by atoms with Gasteiger partial charge in [-0.2, -0.15) is 13.2 Å². The van der Waals surface area contributed by atoms with E-state index in [0.717, 1.165) is 17.7 Å². The summed E-state index contributed by atoms with van der Waals surface area (Å²) in [6.45, 7) is 11.3. The first-order chi connectivity index (χ1) is 11.5. The number of halogens is 3. The predicted octanol–water partition coefficient (Wildman–Crippen LogP) is 5.05. The Kier molecular flexibility index (Phi) is 7.03. The van der Waals surface area contributed by atoms with Gasteiger partial charge in [0, 0.05) is 23.0 Å². The first-order valence-corrected chi connectivity index (χ1v) is 7.83. The average molecular weight is 352 g/mol. The molecule has 1 amide bonds. The number of amides is 1. The van der Waals surface area contributed by atoms with Crippen LogP contribution in [0.1, 0.15) is 33.3 Å². The van der Waals surface area contributed by atoms with Crippen LogP contribution in [0.25, 0.3) is 0 Å². The fraction of sp³-hybridized carbons (Fsp3) is 0.316. The summed E-state index contributed by atoms with van der Waals surface area (Å²) in [6.07, 6.45) is -1.24. The molecule has 0 heterocycles. The van der Waals surface area contributed by atoms with Crippen molar-refractivity contribution >= 4 is 11.6 Å². The number of nitrogens with one attached hydrogen (secondary N) is 2. The van der Waals surface area contributed by atoms with Crippen LogP contribution in [-0.2, 0) is 11.0 Å². The van der Waals surface area contributed by atoms with Crippen LogP contribution >= 0.6 is 0 Å². The largest absolute Gasteiger partial charge is 0.416 e. The summed E-state index contributed by atoms with van der Waals surface area (Å²) in [4.78, 5) is 12.4. The third kappa shape index (κ3) is 6.49. The minimum absolute atomic E-state index is 0.0845. The van der Waals surface area contributed by atoms with E-state index in [0.29, 0.717) is 11.3 Å². The number of anilines is 1. The fourth-order valence-corrected chi connectivity index (χ4v) is 2.01. The number of alkyl halides is 3. The van der Waals surface area contributed by atoms with E-state index in [9.17, 15) is 18.0 Å². The lowest BCUT2D eigenvalue weighted by Crippen LogP contribution is -2.23. The lowest BCUT2D eigenvalue weighted by atomic mass is 10.1. The molecule has 25 heavy (non-hydrogen) atoms. The summed E-state index contributed by atoms with van der Waals surface area (Å²) in [6, 6.07) is 4.67. The Morgan fingerprint density at radius 1 is 1.28 bits per heavy atom. The minimum atomic E-state index is -4.46. The van der Waals surface area contributed by atoms with E-state index in [-0.39, 0.29) is 11.7 Å². The van der Waals surface area contributed by atoms with Crippen molar-refractivity contribution in [1.29, 1.82) is 0 Å². The first kappa shape index (κ1) is 20.5. The van der Waals surface area contributed by atoms with Gasteiger partial charge in [-0.25, -0.2) is 0 Å². The monoisotopic (exact) mass is 352 g/mol. The molecule has 136 valence electrons. The SMILES string of the molecule is C=C(C)/C(=C\C(=C/C)C(=O)Nc1cccc(C(F)(F)F)c1)NC(C)C. The molecule has 1 rings (SSSR count). The van der Waals surface area contributed by atoms with Crippen LogP contribution in [0.4, 0.5) is 18.9 Å². The van der Waals surface area contributed by atoms with Gasteiger partial charge in [0.15, 0.2) is 0 Å². The van der Waals surface area contributed by atoms with Crippen LogP contribution in [0, 0.1) is 0 Å². The second-order valence-electron chi connectivity index (χ2n) is 5.91. The van der Waals surface area contributed by atoms with E-state index < -0.39 is 17.6 Å². The van der Waals surface area contributed by atoms with E-state index >= 15 is 0 Å². The lowest BCUT2D eigenvalue weighted by Gasteiger charge is -2.15. The van der Waals surface area contributed by atoms with Gasteiger partial charge in [-0.3, -0.25) is 4.79 Å². The van der Waals surface area contributed by atoms with Crippen molar-refractivity contribution in [2.75, 3.05) is 5.32 Å². The van der Waals surface area contributed by atoms with Crippen LogP contribution < -0.4 is 10.6 Å². The Morgan fingerprint density at radius 2 is 1.92 bits per heavy atom. The molecule has 0 aliphatic rings. The van der Waals surface area contributed by atoms with Gasteiger partial charge in [-0.1, -0.05) is 18.7 Å². The van der Waals surface area contributed by atoms with Crippen molar-refractivity contribution in [3.8, 4) is 0 Å². The van der Waals surface area contributed by atoms with Crippen LogP contribution in [0.2, 0.25) is 0 Å². The number of hydrogen-bond donors (Lipinski definition) is 2. The second-order valence-corrected chi connectivity index (χ2v) is 5.91. The highest BCUT2D eigenvalue weighted by Gasteiger charge is 2.30. The zero-order valence-corrected chi connectivity index (χ0v) is 14.8. The van der Waals surface area contributed by atoms with Crippen molar-refractivity contribution in [2.24, 2.45) is 0 Å². The Hall–Kier alpha value is -2.50. The molecule has 3 nitrogen and oxygen atoms in total. The van der Waals surface area contributed by atoms with Gasteiger partial charge in [0.2, 0.25) is 0 Å². The highest BCUT2D eigenvalue weighted by atomic mass is 19.4. The molecule has 0 unspecified atom stereocenters. The van der Waals surface area contributed by atoms with Gasteiger partial charge >= 0.3 is 6.18 Å². The Morgan fingerprint density at radius 3 is 2.40 bits per heavy atom.